The Morgan fingerprint density at radius 1 is 1.23 bits per heavy atom. The fraction of sp³-hybridized carbons (Fsp3) is 0.917. The minimum atomic E-state index is 0.660. The summed E-state index contributed by atoms with van der Waals surface area (Å²) < 4.78 is 0. The molecule has 0 aliphatic heterocycles. The van der Waals surface area contributed by atoms with Crippen molar-refractivity contribution in [3.63, 3.8) is 0 Å². The van der Waals surface area contributed by atoms with Gasteiger partial charge in [0.1, 0.15) is 0 Å². The zero-order valence-electron chi connectivity index (χ0n) is 9.34. The van der Waals surface area contributed by atoms with Gasteiger partial charge in [-0.2, -0.15) is 0 Å². The van der Waals surface area contributed by atoms with Crippen molar-refractivity contribution in [3.05, 3.63) is 0 Å². The summed E-state index contributed by atoms with van der Waals surface area (Å²) in [5.41, 5.74) is 1.36. The van der Waals surface area contributed by atoms with E-state index in [1.807, 2.05) is 0 Å². The Labute approximate surface area is 82.6 Å². The summed E-state index contributed by atoms with van der Waals surface area (Å²) in [6.45, 7) is 6.72. The maximum Gasteiger partial charge on any atom is 0.0498 e. The Morgan fingerprint density at radius 2 is 1.85 bits per heavy atom. The van der Waals surface area contributed by atoms with Gasteiger partial charge in [0.2, 0.25) is 0 Å². The quantitative estimate of drug-likeness (QED) is 0.587. The zero-order chi connectivity index (χ0) is 9.68. The molecular formula is C12H23N. The lowest BCUT2D eigenvalue weighted by atomic mass is 9.95. The van der Waals surface area contributed by atoms with Gasteiger partial charge in [0.05, 0.1) is 0 Å². The SMILES string of the molecule is CC(CC(C)C)=NC1CCCCC1. The zero-order valence-corrected chi connectivity index (χ0v) is 9.34. The molecule has 0 radical (unpaired) electrons. The second-order valence-electron chi connectivity index (χ2n) is 4.75. The Kier molecular flexibility index (Phi) is 4.47. The van der Waals surface area contributed by atoms with Crippen LogP contribution in [0.4, 0.5) is 0 Å². The molecule has 1 heteroatoms. The van der Waals surface area contributed by atoms with E-state index in [0.717, 1.165) is 5.92 Å². The van der Waals surface area contributed by atoms with Gasteiger partial charge in [0, 0.05) is 11.8 Å². The van der Waals surface area contributed by atoms with Crippen molar-refractivity contribution in [1.82, 2.24) is 0 Å². The third-order valence-corrected chi connectivity index (χ3v) is 2.68. The predicted molar refractivity (Wildman–Crippen MR) is 59.4 cm³/mol. The molecule has 0 aromatic heterocycles. The Hall–Kier alpha value is -0.330. The first-order valence-corrected chi connectivity index (χ1v) is 5.71. The van der Waals surface area contributed by atoms with Gasteiger partial charge in [0.25, 0.3) is 0 Å². The first kappa shape index (κ1) is 10.7. The predicted octanol–water partition coefficient (Wildman–Crippen LogP) is 3.83. The third kappa shape index (κ3) is 4.44. The summed E-state index contributed by atoms with van der Waals surface area (Å²) in [5, 5.41) is 0. The molecule has 1 aliphatic rings. The molecule has 1 nitrogen and oxygen atoms in total. The van der Waals surface area contributed by atoms with Crippen LogP contribution < -0.4 is 0 Å². The summed E-state index contributed by atoms with van der Waals surface area (Å²) >= 11 is 0. The number of rotatable bonds is 3. The van der Waals surface area contributed by atoms with Gasteiger partial charge in [-0.1, -0.05) is 33.1 Å². The van der Waals surface area contributed by atoms with Gasteiger partial charge in [-0.15, -0.1) is 0 Å². The molecule has 0 bridgehead atoms. The summed E-state index contributed by atoms with van der Waals surface area (Å²) in [6, 6.07) is 0.660. The normalized spacial score (nSPS) is 21.1. The van der Waals surface area contributed by atoms with Crippen molar-refractivity contribution in [3.8, 4) is 0 Å². The Balaban J connectivity index is 2.34. The second kappa shape index (κ2) is 5.41. The highest BCUT2D eigenvalue weighted by Gasteiger charge is 2.11. The third-order valence-electron chi connectivity index (χ3n) is 2.68. The van der Waals surface area contributed by atoms with E-state index < -0.39 is 0 Å². The molecule has 76 valence electrons. The second-order valence-corrected chi connectivity index (χ2v) is 4.75. The lowest BCUT2D eigenvalue weighted by Crippen LogP contribution is -2.12. The van der Waals surface area contributed by atoms with E-state index in [1.165, 1.54) is 44.2 Å². The minimum Gasteiger partial charge on any atom is -0.291 e. The first-order chi connectivity index (χ1) is 6.18. The summed E-state index contributed by atoms with van der Waals surface area (Å²) in [4.78, 5) is 4.79. The maximum absolute atomic E-state index is 4.79. The van der Waals surface area contributed by atoms with Crippen molar-refractivity contribution in [1.29, 1.82) is 0 Å². The van der Waals surface area contributed by atoms with Crippen molar-refractivity contribution in [2.75, 3.05) is 0 Å². The average Bonchev–Trinajstić information content (AvgIpc) is 2.04. The van der Waals surface area contributed by atoms with Crippen LogP contribution in [0.5, 0.6) is 0 Å². The van der Waals surface area contributed by atoms with E-state index >= 15 is 0 Å². The number of hydrogen-bond acceptors (Lipinski definition) is 1. The molecule has 1 aliphatic carbocycles. The molecular weight excluding hydrogens is 158 g/mol. The Bertz CT molecular complexity index is 164. The maximum atomic E-state index is 4.79. The monoisotopic (exact) mass is 181 g/mol. The van der Waals surface area contributed by atoms with E-state index in [1.54, 1.807) is 0 Å². The van der Waals surface area contributed by atoms with Crippen molar-refractivity contribution in [2.24, 2.45) is 10.9 Å². The van der Waals surface area contributed by atoms with Crippen LogP contribution in [0.15, 0.2) is 4.99 Å². The number of hydrogen-bond donors (Lipinski definition) is 0. The fourth-order valence-electron chi connectivity index (χ4n) is 2.17. The minimum absolute atomic E-state index is 0.660. The highest BCUT2D eigenvalue weighted by atomic mass is 14.8. The van der Waals surface area contributed by atoms with Crippen molar-refractivity contribution in [2.45, 2.75) is 65.3 Å². The van der Waals surface area contributed by atoms with Crippen molar-refractivity contribution < 1.29 is 0 Å². The van der Waals surface area contributed by atoms with E-state index in [4.69, 9.17) is 4.99 Å². The molecule has 0 aromatic rings. The molecule has 0 amide bonds. The van der Waals surface area contributed by atoms with Gasteiger partial charge >= 0.3 is 0 Å². The number of nitrogens with zero attached hydrogens (tertiary/aromatic N) is 1. The van der Waals surface area contributed by atoms with Gasteiger partial charge in [-0.25, -0.2) is 0 Å². The smallest absolute Gasteiger partial charge is 0.0498 e. The van der Waals surface area contributed by atoms with Crippen LogP contribution in [-0.4, -0.2) is 11.8 Å². The molecule has 0 N–H and O–H groups in total. The average molecular weight is 181 g/mol. The summed E-state index contributed by atoms with van der Waals surface area (Å²) in [5.74, 6) is 0.757. The lowest BCUT2D eigenvalue weighted by Gasteiger charge is -2.18. The topological polar surface area (TPSA) is 12.4 Å². The highest BCUT2D eigenvalue weighted by Crippen LogP contribution is 2.20. The summed E-state index contributed by atoms with van der Waals surface area (Å²) in [7, 11) is 0. The van der Waals surface area contributed by atoms with Crippen LogP contribution in [0.3, 0.4) is 0 Å². The van der Waals surface area contributed by atoms with Crippen molar-refractivity contribution >= 4 is 5.71 Å². The van der Waals surface area contributed by atoms with Gasteiger partial charge in [-0.3, -0.25) is 4.99 Å². The molecule has 0 saturated heterocycles. The molecule has 0 atom stereocenters. The Morgan fingerprint density at radius 3 is 2.38 bits per heavy atom. The standard InChI is InChI=1S/C12H23N/c1-10(2)9-11(3)13-12-7-5-4-6-8-12/h10,12H,4-9H2,1-3H3. The molecule has 1 fully saturated rings. The van der Waals surface area contributed by atoms with Crippen LogP contribution in [0, 0.1) is 5.92 Å². The molecule has 0 heterocycles. The van der Waals surface area contributed by atoms with E-state index in [-0.39, 0.29) is 0 Å². The first-order valence-electron chi connectivity index (χ1n) is 5.71. The van der Waals surface area contributed by atoms with E-state index in [2.05, 4.69) is 20.8 Å². The van der Waals surface area contributed by atoms with Gasteiger partial charge in [0.15, 0.2) is 0 Å². The van der Waals surface area contributed by atoms with Crippen LogP contribution in [0.1, 0.15) is 59.3 Å². The summed E-state index contributed by atoms with van der Waals surface area (Å²) in [6.07, 6.45) is 8.04. The van der Waals surface area contributed by atoms with E-state index in [9.17, 15) is 0 Å². The van der Waals surface area contributed by atoms with Gasteiger partial charge < -0.3 is 0 Å². The van der Waals surface area contributed by atoms with Crippen LogP contribution in [0.2, 0.25) is 0 Å². The largest absolute Gasteiger partial charge is 0.291 e. The van der Waals surface area contributed by atoms with Crippen LogP contribution >= 0.6 is 0 Å². The number of aliphatic imine (C=N–C) groups is 1. The molecule has 0 unspecified atom stereocenters. The highest BCUT2D eigenvalue weighted by molar-refractivity contribution is 5.82. The molecule has 1 saturated carbocycles. The van der Waals surface area contributed by atoms with Gasteiger partial charge in [-0.05, 0) is 32.1 Å². The van der Waals surface area contributed by atoms with E-state index in [0.29, 0.717) is 6.04 Å². The molecule has 13 heavy (non-hydrogen) atoms. The molecule has 0 aromatic carbocycles. The van der Waals surface area contributed by atoms with Crippen LogP contribution in [-0.2, 0) is 0 Å². The fourth-order valence-corrected chi connectivity index (χ4v) is 2.17. The lowest BCUT2D eigenvalue weighted by molar-refractivity contribution is 0.442. The molecule has 0 spiro atoms. The van der Waals surface area contributed by atoms with Crippen LogP contribution in [0.25, 0.3) is 0 Å². The molecule has 1 rings (SSSR count).